The first kappa shape index (κ1) is 20.3. The number of amides is 1. The minimum absolute atomic E-state index is 0.248. The van der Waals surface area contributed by atoms with Gasteiger partial charge in [0.25, 0.3) is 5.91 Å². The predicted molar refractivity (Wildman–Crippen MR) is 113 cm³/mol. The molecule has 0 aliphatic carbocycles. The van der Waals surface area contributed by atoms with E-state index in [9.17, 15) is 10.0 Å². The highest BCUT2D eigenvalue weighted by atomic mass is 16.5. The van der Waals surface area contributed by atoms with E-state index in [2.05, 4.69) is 38.0 Å². The summed E-state index contributed by atoms with van der Waals surface area (Å²) in [6, 6.07) is 5.50. The lowest BCUT2D eigenvalue weighted by molar-refractivity contribution is -0.252. The molecule has 0 radical (unpaired) electrons. The summed E-state index contributed by atoms with van der Waals surface area (Å²) in [5, 5.41) is 15.9. The van der Waals surface area contributed by atoms with E-state index in [0.717, 1.165) is 50.0 Å². The van der Waals surface area contributed by atoms with Crippen molar-refractivity contribution in [2.45, 2.75) is 76.4 Å². The van der Waals surface area contributed by atoms with Crippen molar-refractivity contribution in [1.82, 2.24) is 20.3 Å². The maximum atomic E-state index is 11.8. The molecule has 4 rings (SSSR count). The molecule has 1 atom stereocenters. The van der Waals surface area contributed by atoms with E-state index in [0.29, 0.717) is 17.0 Å². The number of benzene rings is 1. The molecule has 0 spiro atoms. The fourth-order valence-electron chi connectivity index (χ4n) is 5.85. The molecule has 7 heteroatoms. The Morgan fingerprint density at radius 1 is 1.28 bits per heavy atom. The number of piperidine rings is 1. The number of nitrogens with two attached hydrogens (primary N) is 1. The van der Waals surface area contributed by atoms with Gasteiger partial charge in [-0.2, -0.15) is 5.06 Å². The number of aromatic nitrogens is 2. The molecule has 3 heterocycles. The zero-order chi connectivity index (χ0) is 21.0. The summed E-state index contributed by atoms with van der Waals surface area (Å²) in [6.07, 6.45) is 4.87. The highest BCUT2D eigenvalue weighted by Gasteiger charge is 2.48. The van der Waals surface area contributed by atoms with Crippen LogP contribution in [0.5, 0.6) is 0 Å². The zero-order valence-electron chi connectivity index (χ0n) is 17.9. The lowest BCUT2D eigenvalue weighted by Crippen LogP contribution is -2.59. The molecule has 2 aromatic rings. The van der Waals surface area contributed by atoms with E-state index in [1.807, 2.05) is 12.1 Å². The van der Waals surface area contributed by atoms with Gasteiger partial charge < -0.3 is 21.2 Å². The van der Waals surface area contributed by atoms with Gasteiger partial charge in [-0.1, -0.05) is 6.07 Å². The van der Waals surface area contributed by atoms with Crippen LogP contribution in [0.15, 0.2) is 18.2 Å². The Labute approximate surface area is 172 Å². The number of primary amides is 1. The summed E-state index contributed by atoms with van der Waals surface area (Å²) in [5.74, 6) is 0.875. The molecular formula is C22H33N5O2. The van der Waals surface area contributed by atoms with Crippen LogP contribution in [0.25, 0.3) is 11.0 Å². The molecule has 1 aromatic carbocycles. The number of H-pyrrole nitrogens is 1. The monoisotopic (exact) mass is 399 g/mol. The largest absolute Gasteiger partial charge is 0.366 e. The summed E-state index contributed by atoms with van der Waals surface area (Å²) in [6.45, 7) is 9.38. The number of rotatable bonds is 4. The van der Waals surface area contributed by atoms with Crippen LogP contribution in [0.2, 0.25) is 0 Å². The Morgan fingerprint density at radius 2 is 1.97 bits per heavy atom. The highest BCUT2D eigenvalue weighted by Crippen LogP contribution is 2.46. The average molecular weight is 400 g/mol. The summed E-state index contributed by atoms with van der Waals surface area (Å²) in [5.41, 5.74) is 6.70. The molecular weight excluding hydrogens is 366 g/mol. The number of aromatic amines is 1. The molecule has 158 valence electrons. The Morgan fingerprint density at radius 3 is 2.55 bits per heavy atom. The van der Waals surface area contributed by atoms with Gasteiger partial charge in [0, 0.05) is 11.1 Å². The van der Waals surface area contributed by atoms with E-state index < -0.39 is 5.91 Å². The maximum absolute atomic E-state index is 11.8. The van der Waals surface area contributed by atoms with Crippen molar-refractivity contribution in [3.63, 3.8) is 0 Å². The SMILES string of the molecule is CC1(C)CC(CC2(c3nc4c(C(N)=O)cccc4[nH]3)CCCN2)CC(C)(C)N1O. The quantitative estimate of drug-likeness (QED) is 0.631. The van der Waals surface area contributed by atoms with Crippen LogP contribution >= 0.6 is 0 Å². The van der Waals surface area contributed by atoms with Crippen LogP contribution in [0, 0.1) is 5.92 Å². The van der Waals surface area contributed by atoms with Gasteiger partial charge in [-0.15, -0.1) is 0 Å². The molecule has 5 N–H and O–H groups in total. The third-order valence-electron chi connectivity index (χ3n) is 6.84. The van der Waals surface area contributed by atoms with Crippen LogP contribution < -0.4 is 11.1 Å². The fourth-order valence-corrected chi connectivity index (χ4v) is 5.85. The number of carbonyl (C=O) groups excluding carboxylic acids is 1. The third kappa shape index (κ3) is 3.45. The molecule has 7 nitrogen and oxygen atoms in total. The first-order valence-corrected chi connectivity index (χ1v) is 10.6. The molecule has 2 saturated heterocycles. The number of nitrogens with one attached hydrogen (secondary N) is 2. The van der Waals surface area contributed by atoms with E-state index >= 15 is 0 Å². The van der Waals surface area contributed by atoms with Crippen molar-refractivity contribution in [2.75, 3.05) is 6.54 Å². The van der Waals surface area contributed by atoms with Crippen molar-refractivity contribution in [2.24, 2.45) is 11.7 Å². The first-order chi connectivity index (χ1) is 13.5. The van der Waals surface area contributed by atoms with E-state index in [-0.39, 0.29) is 16.6 Å². The molecule has 0 saturated carbocycles. The molecule has 1 amide bonds. The van der Waals surface area contributed by atoms with Crippen LogP contribution in [-0.2, 0) is 5.54 Å². The van der Waals surface area contributed by atoms with Gasteiger partial charge in [0.05, 0.1) is 16.6 Å². The summed E-state index contributed by atoms with van der Waals surface area (Å²) in [4.78, 5) is 20.2. The Kier molecular flexibility index (Phi) is 4.76. The van der Waals surface area contributed by atoms with Crippen LogP contribution in [0.4, 0.5) is 0 Å². The standard InChI is InChI=1S/C22H33N5O2/c1-20(2)11-14(12-21(3,4)27(20)29)13-22(9-6-10-24-22)19-25-16-8-5-7-15(18(23)28)17(16)26-19/h5,7-8,14,24,29H,6,9-13H2,1-4H3,(H2,23,28)(H,25,26). The van der Waals surface area contributed by atoms with E-state index in [1.54, 1.807) is 6.07 Å². The van der Waals surface area contributed by atoms with Gasteiger partial charge in [-0.25, -0.2) is 4.98 Å². The second-order valence-corrected chi connectivity index (χ2v) is 10.2. The maximum Gasteiger partial charge on any atom is 0.250 e. The third-order valence-corrected chi connectivity index (χ3v) is 6.84. The topological polar surface area (TPSA) is 107 Å². The minimum Gasteiger partial charge on any atom is -0.366 e. The van der Waals surface area contributed by atoms with Gasteiger partial charge in [-0.05, 0) is 84.4 Å². The number of fused-ring (bicyclic) bond motifs is 1. The number of imidazole rings is 1. The summed E-state index contributed by atoms with van der Waals surface area (Å²) < 4.78 is 0. The summed E-state index contributed by atoms with van der Waals surface area (Å²) >= 11 is 0. The number of hydrogen-bond acceptors (Lipinski definition) is 5. The van der Waals surface area contributed by atoms with Gasteiger partial charge in [0.15, 0.2) is 0 Å². The lowest BCUT2D eigenvalue weighted by atomic mass is 9.70. The number of hydrogen-bond donors (Lipinski definition) is 4. The van der Waals surface area contributed by atoms with Gasteiger partial charge >= 0.3 is 0 Å². The molecule has 2 aliphatic heterocycles. The zero-order valence-corrected chi connectivity index (χ0v) is 17.9. The van der Waals surface area contributed by atoms with E-state index in [4.69, 9.17) is 10.7 Å². The highest BCUT2D eigenvalue weighted by molar-refractivity contribution is 6.04. The first-order valence-electron chi connectivity index (χ1n) is 10.6. The van der Waals surface area contributed by atoms with Crippen LogP contribution in [-0.4, -0.2) is 43.8 Å². The molecule has 1 unspecified atom stereocenters. The second kappa shape index (κ2) is 6.79. The molecule has 29 heavy (non-hydrogen) atoms. The molecule has 1 aromatic heterocycles. The van der Waals surface area contributed by atoms with E-state index in [1.165, 1.54) is 5.06 Å². The Hall–Kier alpha value is -1.96. The number of nitrogens with zero attached hydrogens (tertiary/aromatic N) is 2. The van der Waals surface area contributed by atoms with Gasteiger partial charge in [-0.3, -0.25) is 4.79 Å². The Bertz CT molecular complexity index is 908. The van der Waals surface area contributed by atoms with Crippen molar-refractivity contribution in [1.29, 1.82) is 0 Å². The van der Waals surface area contributed by atoms with Gasteiger partial charge in [0.2, 0.25) is 0 Å². The number of carbonyl (C=O) groups is 1. The smallest absolute Gasteiger partial charge is 0.250 e. The van der Waals surface area contributed by atoms with Crippen LogP contribution in [0.1, 0.15) is 76.0 Å². The van der Waals surface area contributed by atoms with Crippen molar-refractivity contribution >= 4 is 16.9 Å². The minimum atomic E-state index is -0.458. The fraction of sp³-hybridized carbons (Fsp3) is 0.636. The normalized spacial score (nSPS) is 27.5. The number of hydroxylamine groups is 2. The number of para-hydroxylation sites is 1. The average Bonchev–Trinajstić information content (AvgIpc) is 3.26. The second-order valence-electron chi connectivity index (χ2n) is 10.2. The van der Waals surface area contributed by atoms with Crippen molar-refractivity contribution in [3.05, 3.63) is 29.6 Å². The molecule has 2 aliphatic rings. The van der Waals surface area contributed by atoms with Crippen molar-refractivity contribution < 1.29 is 10.0 Å². The van der Waals surface area contributed by atoms with Crippen LogP contribution in [0.3, 0.4) is 0 Å². The molecule has 2 fully saturated rings. The van der Waals surface area contributed by atoms with Gasteiger partial charge in [0.1, 0.15) is 11.3 Å². The summed E-state index contributed by atoms with van der Waals surface area (Å²) in [7, 11) is 0. The molecule has 0 bridgehead atoms. The Balaban J connectivity index is 1.70. The van der Waals surface area contributed by atoms with Crippen molar-refractivity contribution in [3.8, 4) is 0 Å². The predicted octanol–water partition coefficient (Wildman–Crippen LogP) is 3.29. The lowest BCUT2D eigenvalue weighted by Gasteiger charge is -2.52.